The minimum atomic E-state index is -4.88. The zero-order valence-corrected chi connectivity index (χ0v) is 18.4. The minimum absolute atomic E-state index is 0.0757. The number of anilines is 1. The summed E-state index contributed by atoms with van der Waals surface area (Å²) in [7, 11) is 1.04. The number of aromatic nitrogens is 1. The number of halogens is 5. The lowest BCUT2D eigenvalue weighted by Crippen LogP contribution is -2.47. The molecule has 0 bridgehead atoms. The van der Waals surface area contributed by atoms with Gasteiger partial charge in [-0.3, -0.25) is 9.78 Å². The highest BCUT2D eigenvalue weighted by molar-refractivity contribution is 5.95. The van der Waals surface area contributed by atoms with E-state index < -0.39 is 65.7 Å². The maximum absolute atomic E-state index is 14.4. The van der Waals surface area contributed by atoms with Crippen molar-refractivity contribution in [1.29, 1.82) is 0 Å². The van der Waals surface area contributed by atoms with E-state index in [0.29, 0.717) is 0 Å². The molecule has 2 aromatic rings. The largest absolute Gasteiger partial charge is 0.493 e. The van der Waals surface area contributed by atoms with E-state index in [2.05, 4.69) is 10.3 Å². The van der Waals surface area contributed by atoms with Gasteiger partial charge in [-0.05, 0) is 25.1 Å². The first kappa shape index (κ1) is 25.8. The molecule has 3 N–H and O–H groups in total. The van der Waals surface area contributed by atoms with E-state index in [0.717, 1.165) is 32.4 Å². The number of aliphatic hydroxyl groups is 2. The Morgan fingerprint density at radius 3 is 2.50 bits per heavy atom. The zero-order chi connectivity index (χ0) is 25.4. The normalized spacial score (nSPS) is 25.8. The smallest absolute Gasteiger partial charge is 0.417 e. The highest BCUT2D eigenvalue weighted by atomic mass is 19.4. The number of aliphatic hydroxyl groups excluding tert-OH is 2. The van der Waals surface area contributed by atoms with E-state index >= 15 is 0 Å². The molecule has 12 heteroatoms. The van der Waals surface area contributed by atoms with Crippen molar-refractivity contribution in [1.82, 2.24) is 4.98 Å². The maximum Gasteiger partial charge on any atom is 0.417 e. The van der Waals surface area contributed by atoms with Crippen LogP contribution in [0.3, 0.4) is 0 Å². The minimum Gasteiger partial charge on any atom is -0.493 e. The second-order valence-corrected chi connectivity index (χ2v) is 8.10. The molecule has 0 spiro atoms. The number of amides is 1. The van der Waals surface area contributed by atoms with Gasteiger partial charge in [0, 0.05) is 17.4 Å². The third-order valence-electron chi connectivity index (χ3n) is 6.14. The van der Waals surface area contributed by atoms with Crippen LogP contribution in [0, 0.1) is 17.6 Å². The van der Waals surface area contributed by atoms with Gasteiger partial charge in [-0.1, -0.05) is 13.0 Å². The Hall–Kier alpha value is -2.83. The highest BCUT2D eigenvalue weighted by Gasteiger charge is 2.65. The SMILES string of the molecule is COc1c([C@H]2[C@H](C(=O)Nc3ccc([C@H](O)CO)nc3)O[C@@](C)(C(F)(F)F)[C@H]2C)ccc(F)c1F. The van der Waals surface area contributed by atoms with Gasteiger partial charge in [-0.25, -0.2) is 4.39 Å². The van der Waals surface area contributed by atoms with Gasteiger partial charge in [0.25, 0.3) is 5.91 Å². The van der Waals surface area contributed by atoms with Gasteiger partial charge in [0.05, 0.1) is 31.3 Å². The number of ether oxygens (including phenoxy) is 2. The van der Waals surface area contributed by atoms with E-state index in [-0.39, 0.29) is 16.9 Å². The lowest BCUT2D eigenvalue weighted by Gasteiger charge is -2.32. The molecule has 1 amide bonds. The van der Waals surface area contributed by atoms with Crippen LogP contribution in [0.15, 0.2) is 30.5 Å². The molecule has 7 nitrogen and oxygen atoms in total. The van der Waals surface area contributed by atoms with Gasteiger partial charge in [-0.15, -0.1) is 0 Å². The summed E-state index contributed by atoms with van der Waals surface area (Å²) in [5.41, 5.74) is -2.74. The zero-order valence-electron chi connectivity index (χ0n) is 18.4. The summed E-state index contributed by atoms with van der Waals surface area (Å²) in [6.07, 6.45) is -6.74. The van der Waals surface area contributed by atoms with Gasteiger partial charge in [0.1, 0.15) is 12.2 Å². The number of rotatable bonds is 6. The summed E-state index contributed by atoms with van der Waals surface area (Å²) < 4.78 is 80.2. The fourth-order valence-corrected chi connectivity index (χ4v) is 4.02. The quantitative estimate of drug-likeness (QED) is 0.537. The number of hydrogen-bond donors (Lipinski definition) is 3. The van der Waals surface area contributed by atoms with Crippen molar-refractivity contribution in [3.05, 3.63) is 53.4 Å². The van der Waals surface area contributed by atoms with Gasteiger partial charge >= 0.3 is 6.18 Å². The fraction of sp³-hybridized carbons (Fsp3) is 0.455. The Labute approximate surface area is 191 Å². The first-order valence-electron chi connectivity index (χ1n) is 10.2. The van der Waals surface area contributed by atoms with Crippen LogP contribution >= 0.6 is 0 Å². The summed E-state index contributed by atoms with van der Waals surface area (Å²) in [5.74, 6) is -6.98. The van der Waals surface area contributed by atoms with Crippen LogP contribution in [-0.4, -0.2) is 52.7 Å². The number of nitrogens with one attached hydrogen (secondary N) is 1. The predicted octanol–water partition coefficient (Wildman–Crippen LogP) is 3.47. The molecule has 0 saturated carbocycles. The van der Waals surface area contributed by atoms with Crippen molar-refractivity contribution in [2.24, 2.45) is 5.92 Å². The predicted molar refractivity (Wildman–Crippen MR) is 109 cm³/mol. The van der Waals surface area contributed by atoms with Crippen molar-refractivity contribution in [3.63, 3.8) is 0 Å². The summed E-state index contributed by atoms with van der Waals surface area (Å²) in [6.45, 7) is 1.41. The Morgan fingerprint density at radius 2 is 1.97 bits per heavy atom. The molecule has 0 aliphatic carbocycles. The van der Waals surface area contributed by atoms with Crippen molar-refractivity contribution in [2.45, 2.75) is 43.8 Å². The number of methoxy groups -OCH3 is 1. The van der Waals surface area contributed by atoms with Crippen LogP contribution in [-0.2, 0) is 9.53 Å². The molecule has 1 fully saturated rings. The third-order valence-corrected chi connectivity index (χ3v) is 6.14. The first-order valence-corrected chi connectivity index (χ1v) is 10.2. The topological polar surface area (TPSA) is 101 Å². The molecule has 5 atom stereocenters. The van der Waals surface area contributed by atoms with Crippen molar-refractivity contribution in [2.75, 3.05) is 19.0 Å². The molecule has 2 heterocycles. The van der Waals surface area contributed by atoms with Gasteiger partial charge in [0.15, 0.2) is 17.2 Å². The van der Waals surface area contributed by atoms with E-state index in [1.807, 2.05) is 0 Å². The van der Waals surface area contributed by atoms with Crippen molar-refractivity contribution in [3.8, 4) is 5.75 Å². The molecule has 186 valence electrons. The fourth-order valence-electron chi connectivity index (χ4n) is 4.02. The molecule has 1 aliphatic rings. The van der Waals surface area contributed by atoms with E-state index in [4.69, 9.17) is 14.6 Å². The summed E-state index contributed by atoms with van der Waals surface area (Å²) in [5, 5.41) is 21.0. The van der Waals surface area contributed by atoms with Gasteiger partial charge in [-0.2, -0.15) is 17.6 Å². The molecule has 3 rings (SSSR count). The van der Waals surface area contributed by atoms with Crippen molar-refractivity contribution >= 4 is 11.6 Å². The van der Waals surface area contributed by atoms with Crippen LogP contribution < -0.4 is 10.1 Å². The Morgan fingerprint density at radius 1 is 1.29 bits per heavy atom. The average Bonchev–Trinajstić information content (AvgIpc) is 3.07. The summed E-state index contributed by atoms with van der Waals surface area (Å²) >= 11 is 0. The molecule has 1 saturated heterocycles. The number of alkyl halides is 3. The molecule has 0 radical (unpaired) electrons. The number of hydrogen-bond acceptors (Lipinski definition) is 6. The lowest BCUT2D eigenvalue weighted by atomic mass is 9.77. The standard InChI is InChI=1S/C22H23F5N2O5/c1-10-16(12-5-6-13(23)17(24)18(12)33-3)19(34-21(10,2)22(25,26)27)20(32)29-11-4-7-14(28-8-11)15(31)9-30/h4-8,10,15-16,19,30-31H,9H2,1-3H3,(H,29,32)/t10-,15+,16-,19+,21+/m0/s1. The number of pyridine rings is 1. The molecular weight excluding hydrogens is 467 g/mol. The lowest BCUT2D eigenvalue weighted by molar-refractivity contribution is -0.272. The van der Waals surface area contributed by atoms with Crippen LogP contribution in [0.25, 0.3) is 0 Å². The van der Waals surface area contributed by atoms with Crippen LogP contribution in [0.4, 0.5) is 27.6 Å². The first-order chi connectivity index (χ1) is 15.9. The second-order valence-electron chi connectivity index (χ2n) is 8.10. The molecule has 1 aromatic carbocycles. The monoisotopic (exact) mass is 490 g/mol. The van der Waals surface area contributed by atoms with Crippen molar-refractivity contribution < 1.29 is 46.4 Å². The van der Waals surface area contributed by atoms with Crippen LogP contribution in [0.2, 0.25) is 0 Å². The van der Waals surface area contributed by atoms with E-state index in [9.17, 15) is 31.9 Å². The molecule has 1 aliphatic heterocycles. The Kier molecular flexibility index (Phi) is 7.15. The average molecular weight is 490 g/mol. The summed E-state index contributed by atoms with van der Waals surface area (Å²) in [4.78, 5) is 16.9. The van der Waals surface area contributed by atoms with Gasteiger partial charge < -0.3 is 25.0 Å². The molecule has 1 aromatic heterocycles. The maximum atomic E-state index is 14.4. The van der Waals surface area contributed by atoms with Crippen LogP contribution in [0.5, 0.6) is 5.75 Å². The third kappa shape index (κ3) is 4.44. The number of carbonyl (C=O) groups excluding carboxylic acids is 1. The number of nitrogens with zero attached hydrogens (tertiary/aromatic N) is 1. The molecular formula is C22H23F5N2O5. The van der Waals surface area contributed by atoms with Crippen LogP contribution in [0.1, 0.15) is 37.1 Å². The Bertz CT molecular complexity index is 1050. The molecule has 34 heavy (non-hydrogen) atoms. The second kappa shape index (κ2) is 9.43. The number of carbonyl (C=O) groups is 1. The van der Waals surface area contributed by atoms with Gasteiger partial charge in [0.2, 0.25) is 5.82 Å². The highest BCUT2D eigenvalue weighted by Crippen LogP contribution is 2.55. The Balaban J connectivity index is 2.01. The molecule has 0 unspecified atom stereocenters. The summed E-state index contributed by atoms with van der Waals surface area (Å²) in [6, 6.07) is 4.45. The number of benzene rings is 1. The van der Waals surface area contributed by atoms with E-state index in [1.54, 1.807) is 0 Å². The van der Waals surface area contributed by atoms with E-state index in [1.165, 1.54) is 19.1 Å².